The van der Waals surface area contributed by atoms with Crippen LogP contribution in [0.15, 0.2) is 52.9 Å². The van der Waals surface area contributed by atoms with E-state index in [1.807, 2.05) is 48.5 Å². The fourth-order valence-corrected chi connectivity index (χ4v) is 1.90. The van der Waals surface area contributed by atoms with Gasteiger partial charge in [-0.05, 0) is 24.3 Å². The van der Waals surface area contributed by atoms with E-state index in [0.717, 1.165) is 16.8 Å². The Bertz CT molecular complexity index is 677. The van der Waals surface area contributed by atoms with Crippen LogP contribution in [-0.4, -0.2) is 11.6 Å². The molecule has 19 heavy (non-hydrogen) atoms. The van der Waals surface area contributed by atoms with Gasteiger partial charge in [-0.2, -0.15) is 0 Å². The van der Waals surface area contributed by atoms with E-state index in [1.54, 1.807) is 0 Å². The third-order valence-corrected chi connectivity index (χ3v) is 2.82. The zero-order valence-corrected chi connectivity index (χ0v) is 10.4. The summed E-state index contributed by atoms with van der Waals surface area (Å²) in [5.74, 6) is 1.49. The van der Waals surface area contributed by atoms with Gasteiger partial charge in [-0.25, -0.2) is 4.98 Å². The first-order valence-corrected chi connectivity index (χ1v) is 6.15. The van der Waals surface area contributed by atoms with Gasteiger partial charge in [-0.3, -0.25) is 0 Å². The monoisotopic (exact) mass is 254 g/mol. The van der Waals surface area contributed by atoms with Crippen molar-refractivity contribution in [2.45, 2.75) is 6.42 Å². The number of nitrogen functional groups attached to an aromatic ring is 1. The lowest BCUT2D eigenvalue weighted by molar-refractivity contribution is 0.308. The number of anilines is 1. The summed E-state index contributed by atoms with van der Waals surface area (Å²) in [4.78, 5) is 4.37. The molecule has 3 aromatic rings. The third kappa shape index (κ3) is 2.52. The number of oxazole rings is 1. The average molecular weight is 254 g/mol. The summed E-state index contributed by atoms with van der Waals surface area (Å²) >= 11 is 0. The van der Waals surface area contributed by atoms with Gasteiger partial charge in [0.2, 0.25) is 0 Å². The lowest BCUT2D eigenvalue weighted by Crippen LogP contribution is -2.01. The molecule has 2 aromatic carbocycles. The Morgan fingerprint density at radius 2 is 1.89 bits per heavy atom. The maximum Gasteiger partial charge on any atom is 0.198 e. The van der Waals surface area contributed by atoms with E-state index in [-0.39, 0.29) is 0 Å². The van der Waals surface area contributed by atoms with Crippen LogP contribution in [-0.2, 0) is 6.42 Å². The van der Waals surface area contributed by atoms with E-state index >= 15 is 0 Å². The molecule has 3 rings (SSSR count). The predicted molar refractivity (Wildman–Crippen MR) is 74.1 cm³/mol. The van der Waals surface area contributed by atoms with E-state index in [4.69, 9.17) is 14.9 Å². The molecule has 96 valence electrons. The number of benzene rings is 2. The number of nitrogens with two attached hydrogens (primary N) is 1. The van der Waals surface area contributed by atoms with Crippen molar-refractivity contribution in [3.63, 3.8) is 0 Å². The van der Waals surface area contributed by atoms with Gasteiger partial charge < -0.3 is 14.9 Å². The Morgan fingerprint density at radius 3 is 2.68 bits per heavy atom. The van der Waals surface area contributed by atoms with Gasteiger partial charge in [0.25, 0.3) is 0 Å². The summed E-state index contributed by atoms with van der Waals surface area (Å²) < 4.78 is 11.2. The molecule has 2 N–H and O–H groups in total. The van der Waals surface area contributed by atoms with E-state index in [1.165, 1.54) is 0 Å². The molecule has 4 nitrogen and oxygen atoms in total. The van der Waals surface area contributed by atoms with Gasteiger partial charge in [0.05, 0.1) is 18.7 Å². The molecule has 0 atom stereocenters. The second-order valence-electron chi connectivity index (χ2n) is 4.21. The molecule has 0 radical (unpaired) electrons. The topological polar surface area (TPSA) is 61.3 Å². The van der Waals surface area contributed by atoms with Crippen molar-refractivity contribution in [2.75, 3.05) is 12.3 Å². The standard InChI is InChI=1S/C15H14N2O2/c16-12-7-4-8-13-15(12)17-14(19-13)9-10-18-11-5-2-1-3-6-11/h1-8H,9-10,16H2. The largest absolute Gasteiger partial charge is 0.493 e. The minimum absolute atomic E-state index is 0.525. The molecule has 0 spiro atoms. The van der Waals surface area contributed by atoms with Crippen LogP contribution in [0.25, 0.3) is 11.1 Å². The molecule has 0 fully saturated rings. The second kappa shape index (κ2) is 5.02. The Hall–Kier alpha value is -2.49. The SMILES string of the molecule is Nc1cccc2oc(CCOc3ccccc3)nc12. The van der Waals surface area contributed by atoms with Crippen LogP contribution in [0.4, 0.5) is 5.69 Å². The van der Waals surface area contributed by atoms with Crippen molar-refractivity contribution in [3.8, 4) is 5.75 Å². The maximum absolute atomic E-state index is 5.84. The van der Waals surface area contributed by atoms with Crippen LogP contribution in [0.5, 0.6) is 5.75 Å². The van der Waals surface area contributed by atoms with Gasteiger partial charge in [0, 0.05) is 0 Å². The third-order valence-electron chi connectivity index (χ3n) is 2.82. The Labute approximate surface area is 110 Å². The Kier molecular flexibility index (Phi) is 3.06. The fourth-order valence-electron chi connectivity index (χ4n) is 1.90. The Morgan fingerprint density at radius 1 is 1.05 bits per heavy atom. The van der Waals surface area contributed by atoms with Crippen molar-refractivity contribution in [2.24, 2.45) is 0 Å². The number of nitrogens with zero attached hydrogens (tertiary/aromatic N) is 1. The number of rotatable bonds is 4. The van der Waals surface area contributed by atoms with E-state index in [9.17, 15) is 0 Å². The highest BCUT2D eigenvalue weighted by molar-refractivity contribution is 5.85. The maximum atomic E-state index is 5.84. The zero-order valence-electron chi connectivity index (χ0n) is 10.4. The average Bonchev–Trinajstić information content (AvgIpc) is 2.84. The summed E-state index contributed by atoms with van der Waals surface area (Å²) in [5.41, 5.74) is 7.91. The van der Waals surface area contributed by atoms with Gasteiger partial charge in [-0.1, -0.05) is 24.3 Å². The first-order valence-electron chi connectivity index (χ1n) is 6.15. The van der Waals surface area contributed by atoms with Gasteiger partial charge in [0.1, 0.15) is 11.3 Å². The molecule has 0 unspecified atom stereocenters. The van der Waals surface area contributed by atoms with Crippen LogP contribution in [0, 0.1) is 0 Å². The number of para-hydroxylation sites is 2. The van der Waals surface area contributed by atoms with Crippen molar-refractivity contribution < 1.29 is 9.15 Å². The molecule has 1 heterocycles. The van der Waals surface area contributed by atoms with Crippen LogP contribution >= 0.6 is 0 Å². The summed E-state index contributed by atoms with van der Waals surface area (Å²) in [6.45, 7) is 0.525. The Balaban J connectivity index is 1.67. The number of hydrogen-bond acceptors (Lipinski definition) is 4. The molecular weight excluding hydrogens is 240 g/mol. The van der Waals surface area contributed by atoms with E-state index < -0.39 is 0 Å². The van der Waals surface area contributed by atoms with Crippen molar-refractivity contribution in [1.29, 1.82) is 0 Å². The number of hydrogen-bond donors (Lipinski definition) is 1. The summed E-state index contributed by atoms with van der Waals surface area (Å²) in [7, 11) is 0. The number of aromatic nitrogens is 1. The summed E-state index contributed by atoms with van der Waals surface area (Å²) in [6, 6.07) is 15.2. The highest BCUT2D eigenvalue weighted by Gasteiger charge is 2.07. The van der Waals surface area contributed by atoms with Gasteiger partial charge in [-0.15, -0.1) is 0 Å². The molecular formula is C15H14N2O2. The lowest BCUT2D eigenvalue weighted by atomic mass is 10.3. The minimum Gasteiger partial charge on any atom is -0.493 e. The summed E-state index contributed by atoms with van der Waals surface area (Å²) in [6.07, 6.45) is 0.614. The van der Waals surface area contributed by atoms with Gasteiger partial charge >= 0.3 is 0 Å². The minimum atomic E-state index is 0.525. The highest BCUT2D eigenvalue weighted by Crippen LogP contribution is 2.21. The van der Waals surface area contributed by atoms with Crippen LogP contribution in [0.2, 0.25) is 0 Å². The smallest absolute Gasteiger partial charge is 0.198 e. The van der Waals surface area contributed by atoms with Crippen LogP contribution < -0.4 is 10.5 Å². The quantitative estimate of drug-likeness (QED) is 0.727. The normalized spacial score (nSPS) is 10.7. The molecule has 1 aromatic heterocycles. The molecule has 0 amide bonds. The van der Waals surface area contributed by atoms with E-state index in [2.05, 4.69) is 4.98 Å². The van der Waals surface area contributed by atoms with Gasteiger partial charge in [0.15, 0.2) is 11.5 Å². The number of fused-ring (bicyclic) bond motifs is 1. The molecule has 0 aliphatic heterocycles. The molecule has 0 aliphatic rings. The molecule has 0 aliphatic carbocycles. The van der Waals surface area contributed by atoms with Crippen LogP contribution in [0.1, 0.15) is 5.89 Å². The first-order chi connectivity index (χ1) is 9.33. The van der Waals surface area contributed by atoms with Crippen molar-refractivity contribution >= 4 is 16.8 Å². The number of ether oxygens (including phenoxy) is 1. The molecule has 0 bridgehead atoms. The molecule has 0 saturated carbocycles. The zero-order chi connectivity index (χ0) is 13.1. The fraction of sp³-hybridized carbons (Fsp3) is 0.133. The highest BCUT2D eigenvalue weighted by atomic mass is 16.5. The second-order valence-corrected chi connectivity index (χ2v) is 4.21. The van der Waals surface area contributed by atoms with Crippen molar-refractivity contribution in [3.05, 3.63) is 54.4 Å². The van der Waals surface area contributed by atoms with E-state index in [0.29, 0.717) is 24.6 Å². The first kappa shape index (κ1) is 11.6. The van der Waals surface area contributed by atoms with Crippen LogP contribution in [0.3, 0.4) is 0 Å². The lowest BCUT2D eigenvalue weighted by Gasteiger charge is -2.03. The van der Waals surface area contributed by atoms with Crippen molar-refractivity contribution in [1.82, 2.24) is 4.98 Å². The predicted octanol–water partition coefficient (Wildman–Crippen LogP) is 3.03. The molecule has 0 saturated heterocycles. The molecule has 4 heteroatoms. The summed E-state index contributed by atoms with van der Waals surface area (Å²) in [5, 5.41) is 0.